The van der Waals surface area contributed by atoms with Crippen LogP contribution in [0.25, 0.3) is 0 Å². The number of carbonyl (C=O) groups is 2. The molecular weight excluding hydrogens is 370 g/mol. The van der Waals surface area contributed by atoms with Crippen molar-refractivity contribution in [1.82, 2.24) is 10.2 Å². The van der Waals surface area contributed by atoms with Crippen LogP contribution in [0.1, 0.15) is 24.0 Å². The van der Waals surface area contributed by atoms with Crippen LogP contribution in [0.2, 0.25) is 0 Å². The van der Waals surface area contributed by atoms with E-state index in [0.717, 1.165) is 6.42 Å². The van der Waals surface area contributed by atoms with Crippen molar-refractivity contribution < 1.29 is 19.1 Å². The average Bonchev–Trinajstić information content (AvgIpc) is 3.42. The Morgan fingerprint density at radius 1 is 1.07 bits per heavy atom. The van der Waals surface area contributed by atoms with Gasteiger partial charge in [0.2, 0.25) is 18.6 Å². The molecule has 150 valence electrons. The Kier molecular flexibility index (Phi) is 4.60. The van der Waals surface area contributed by atoms with Crippen molar-refractivity contribution in [1.29, 1.82) is 0 Å². The minimum absolute atomic E-state index is 0.00263. The van der Waals surface area contributed by atoms with Crippen LogP contribution in [0.3, 0.4) is 0 Å². The number of hydrogen-bond acceptors (Lipinski definition) is 5. The standard InChI is InChI=1S/C22H23N3O4/c26-21(24-16-7-8-19-20(11-16)29-13-28-19)18-6-3-9-25(18)22(27)17-10-14-4-1-2-5-15(14)12-23-17/h1-2,4-5,7-8,11,17-18,23H,3,6,9-10,12-13H2,(H,24,26). The summed E-state index contributed by atoms with van der Waals surface area (Å²) in [4.78, 5) is 27.8. The van der Waals surface area contributed by atoms with Crippen LogP contribution in [0.4, 0.5) is 5.69 Å². The van der Waals surface area contributed by atoms with Gasteiger partial charge in [-0.05, 0) is 42.5 Å². The molecule has 0 spiro atoms. The number of nitrogens with zero attached hydrogens (tertiary/aromatic N) is 1. The Hall–Kier alpha value is -3.06. The molecule has 2 aromatic rings. The number of amides is 2. The predicted molar refractivity (Wildman–Crippen MR) is 107 cm³/mol. The Bertz CT molecular complexity index is 961. The monoisotopic (exact) mass is 393 g/mol. The van der Waals surface area contributed by atoms with E-state index in [9.17, 15) is 9.59 Å². The summed E-state index contributed by atoms with van der Waals surface area (Å²) in [7, 11) is 0. The van der Waals surface area contributed by atoms with Gasteiger partial charge in [-0.3, -0.25) is 9.59 Å². The Balaban J connectivity index is 1.27. The topological polar surface area (TPSA) is 79.9 Å². The first-order chi connectivity index (χ1) is 14.2. The molecule has 2 aromatic carbocycles. The predicted octanol–water partition coefficient (Wildman–Crippen LogP) is 2.06. The summed E-state index contributed by atoms with van der Waals surface area (Å²) in [6, 6.07) is 12.7. The third-order valence-corrected chi connectivity index (χ3v) is 5.86. The summed E-state index contributed by atoms with van der Waals surface area (Å²) >= 11 is 0. The van der Waals surface area contributed by atoms with Crippen molar-refractivity contribution in [2.24, 2.45) is 0 Å². The molecule has 0 aromatic heterocycles. The smallest absolute Gasteiger partial charge is 0.247 e. The van der Waals surface area contributed by atoms with Gasteiger partial charge in [-0.1, -0.05) is 24.3 Å². The molecular formula is C22H23N3O4. The highest BCUT2D eigenvalue weighted by Gasteiger charge is 2.38. The second-order valence-corrected chi connectivity index (χ2v) is 7.65. The van der Waals surface area contributed by atoms with Gasteiger partial charge in [-0.25, -0.2) is 0 Å². The fourth-order valence-electron chi connectivity index (χ4n) is 4.33. The lowest BCUT2D eigenvalue weighted by atomic mass is 9.95. The lowest BCUT2D eigenvalue weighted by molar-refractivity contribution is -0.138. The van der Waals surface area contributed by atoms with Gasteiger partial charge in [0.15, 0.2) is 11.5 Å². The Morgan fingerprint density at radius 3 is 2.79 bits per heavy atom. The molecule has 0 bridgehead atoms. The number of nitrogens with one attached hydrogen (secondary N) is 2. The summed E-state index contributed by atoms with van der Waals surface area (Å²) in [5, 5.41) is 6.26. The molecule has 2 atom stereocenters. The summed E-state index contributed by atoms with van der Waals surface area (Å²) in [6.45, 7) is 1.47. The second kappa shape index (κ2) is 7.40. The molecule has 3 aliphatic rings. The summed E-state index contributed by atoms with van der Waals surface area (Å²) in [5.74, 6) is 1.13. The zero-order valence-corrected chi connectivity index (χ0v) is 16.0. The fourth-order valence-corrected chi connectivity index (χ4v) is 4.33. The molecule has 0 aliphatic carbocycles. The maximum absolute atomic E-state index is 13.2. The van der Waals surface area contributed by atoms with Gasteiger partial charge < -0.3 is 25.0 Å². The van der Waals surface area contributed by atoms with Gasteiger partial charge in [0.05, 0.1) is 6.04 Å². The Morgan fingerprint density at radius 2 is 1.90 bits per heavy atom. The molecule has 29 heavy (non-hydrogen) atoms. The SMILES string of the molecule is O=C(Nc1ccc2c(c1)OCO2)C1CCCN1C(=O)C1Cc2ccccc2CN1. The first-order valence-electron chi connectivity index (χ1n) is 10.0. The number of anilines is 1. The molecule has 3 heterocycles. The maximum Gasteiger partial charge on any atom is 0.247 e. The van der Waals surface area contributed by atoms with E-state index in [4.69, 9.17) is 9.47 Å². The van der Waals surface area contributed by atoms with E-state index in [1.807, 2.05) is 12.1 Å². The lowest BCUT2D eigenvalue weighted by Gasteiger charge is -2.31. The minimum atomic E-state index is -0.452. The quantitative estimate of drug-likeness (QED) is 0.835. The molecule has 2 amide bonds. The zero-order chi connectivity index (χ0) is 19.8. The van der Waals surface area contributed by atoms with Gasteiger partial charge >= 0.3 is 0 Å². The van der Waals surface area contributed by atoms with E-state index in [-0.39, 0.29) is 24.6 Å². The molecule has 3 aliphatic heterocycles. The number of likely N-dealkylation sites (tertiary alicyclic amines) is 1. The molecule has 0 saturated carbocycles. The number of rotatable bonds is 3. The van der Waals surface area contributed by atoms with E-state index in [1.54, 1.807) is 23.1 Å². The van der Waals surface area contributed by atoms with E-state index in [2.05, 4.69) is 22.8 Å². The van der Waals surface area contributed by atoms with Crippen molar-refractivity contribution in [3.8, 4) is 11.5 Å². The van der Waals surface area contributed by atoms with Crippen LogP contribution >= 0.6 is 0 Å². The normalized spacial score (nSPS) is 22.3. The lowest BCUT2D eigenvalue weighted by Crippen LogP contribution is -2.53. The number of fused-ring (bicyclic) bond motifs is 2. The number of ether oxygens (including phenoxy) is 2. The number of benzene rings is 2. The summed E-state index contributed by atoms with van der Waals surface area (Å²) in [5.41, 5.74) is 3.07. The van der Waals surface area contributed by atoms with Crippen LogP contribution in [-0.4, -0.2) is 42.1 Å². The molecule has 0 radical (unpaired) electrons. The van der Waals surface area contributed by atoms with Gasteiger partial charge in [-0.2, -0.15) is 0 Å². The van der Waals surface area contributed by atoms with E-state index in [0.29, 0.717) is 43.1 Å². The van der Waals surface area contributed by atoms with Crippen molar-refractivity contribution in [2.45, 2.75) is 37.9 Å². The molecule has 1 fully saturated rings. The van der Waals surface area contributed by atoms with E-state index >= 15 is 0 Å². The largest absolute Gasteiger partial charge is 0.454 e. The molecule has 7 nitrogen and oxygen atoms in total. The van der Waals surface area contributed by atoms with Crippen molar-refractivity contribution >= 4 is 17.5 Å². The molecule has 5 rings (SSSR count). The third kappa shape index (κ3) is 3.42. The zero-order valence-electron chi connectivity index (χ0n) is 16.0. The molecule has 2 unspecified atom stereocenters. The van der Waals surface area contributed by atoms with Crippen molar-refractivity contribution in [2.75, 3.05) is 18.7 Å². The Labute approximate surface area is 169 Å². The summed E-state index contributed by atoms with van der Waals surface area (Å²) < 4.78 is 10.7. The molecule has 7 heteroatoms. The van der Waals surface area contributed by atoms with Crippen molar-refractivity contribution in [3.63, 3.8) is 0 Å². The van der Waals surface area contributed by atoms with Gasteiger partial charge in [-0.15, -0.1) is 0 Å². The van der Waals surface area contributed by atoms with Crippen LogP contribution in [0.5, 0.6) is 11.5 Å². The average molecular weight is 393 g/mol. The van der Waals surface area contributed by atoms with Crippen molar-refractivity contribution in [3.05, 3.63) is 53.6 Å². The van der Waals surface area contributed by atoms with Crippen LogP contribution < -0.4 is 20.1 Å². The first-order valence-corrected chi connectivity index (χ1v) is 10.0. The van der Waals surface area contributed by atoms with Gasteiger partial charge in [0, 0.05) is 24.8 Å². The van der Waals surface area contributed by atoms with E-state index < -0.39 is 6.04 Å². The van der Waals surface area contributed by atoms with Crippen LogP contribution in [0, 0.1) is 0 Å². The summed E-state index contributed by atoms with van der Waals surface area (Å²) in [6.07, 6.45) is 2.15. The van der Waals surface area contributed by atoms with Crippen LogP contribution in [0.15, 0.2) is 42.5 Å². The van der Waals surface area contributed by atoms with Gasteiger partial charge in [0.1, 0.15) is 6.04 Å². The highest BCUT2D eigenvalue weighted by molar-refractivity contribution is 5.98. The fraction of sp³-hybridized carbons (Fsp3) is 0.364. The van der Waals surface area contributed by atoms with E-state index in [1.165, 1.54) is 11.1 Å². The third-order valence-electron chi connectivity index (χ3n) is 5.86. The highest BCUT2D eigenvalue weighted by Crippen LogP contribution is 2.34. The van der Waals surface area contributed by atoms with Gasteiger partial charge in [0.25, 0.3) is 0 Å². The first kappa shape index (κ1) is 18.0. The molecule has 1 saturated heterocycles. The highest BCUT2D eigenvalue weighted by atomic mass is 16.7. The minimum Gasteiger partial charge on any atom is -0.454 e. The second-order valence-electron chi connectivity index (χ2n) is 7.65. The maximum atomic E-state index is 13.2. The molecule has 2 N–H and O–H groups in total. The number of hydrogen-bond donors (Lipinski definition) is 2. The van der Waals surface area contributed by atoms with Crippen LogP contribution in [-0.2, 0) is 22.6 Å². The number of carbonyl (C=O) groups excluding carboxylic acids is 2.